The molecule has 0 bridgehead atoms. The molecule has 0 rings (SSSR count). The van der Waals surface area contributed by atoms with Crippen molar-refractivity contribution in [3.63, 3.8) is 0 Å². The van der Waals surface area contributed by atoms with Crippen LogP contribution in [0.3, 0.4) is 0 Å². The first-order valence-electron chi connectivity index (χ1n) is 8.24. The Kier molecular flexibility index (Phi) is 17.1. The van der Waals surface area contributed by atoms with Crippen LogP contribution in [-0.4, -0.2) is 72.7 Å². The van der Waals surface area contributed by atoms with E-state index in [-0.39, 0.29) is 72.7 Å². The monoisotopic (exact) mass is 614 g/mol. The third-order valence-electron chi connectivity index (χ3n) is 4.14. The van der Waals surface area contributed by atoms with E-state index in [1.54, 1.807) is 0 Å². The second kappa shape index (κ2) is 15.6. The quantitative estimate of drug-likeness (QED) is 0.120. The number of hydrogen-bond acceptors (Lipinski definition) is 4. The van der Waals surface area contributed by atoms with Crippen molar-refractivity contribution in [2.75, 3.05) is 72.7 Å². The van der Waals surface area contributed by atoms with Crippen molar-refractivity contribution >= 4 is 112 Å². The average molecular weight is 618 g/mol. The van der Waals surface area contributed by atoms with Crippen LogP contribution in [0.5, 0.6) is 0 Å². The highest BCUT2D eigenvalue weighted by molar-refractivity contribution is 7.48. The van der Waals surface area contributed by atoms with Gasteiger partial charge in [0.15, 0.2) is 0 Å². The molecule has 0 atom stereocenters. The Bertz CT molecular complexity index is 397. The highest BCUT2D eigenvalue weighted by Crippen LogP contribution is 2.53. The van der Waals surface area contributed by atoms with Gasteiger partial charge in [-0.3, -0.25) is 13.6 Å². The van der Waals surface area contributed by atoms with Gasteiger partial charge in [0.25, 0.3) is 0 Å². The fraction of sp³-hybridized carbons (Fsp3) is 1.00. The molecule has 0 fully saturated rings. The molecule has 0 saturated heterocycles. The molecule has 176 valence electrons. The van der Waals surface area contributed by atoms with E-state index in [4.69, 9.17) is 118 Å². The lowest BCUT2D eigenvalue weighted by molar-refractivity contribution is 0.0550. The lowest BCUT2D eigenvalue weighted by Crippen LogP contribution is -2.36. The second-order valence-electron chi connectivity index (χ2n) is 6.97. The topological polar surface area (TPSA) is 44.8 Å². The number of phosphoric acid groups is 1. The lowest BCUT2D eigenvalue weighted by atomic mass is 9.98. The zero-order valence-corrected chi connectivity index (χ0v) is 23.2. The summed E-state index contributed by atoms with van der Waals surface area (Å²) in [5.74, 6) is 0.660. The van der Waals surface area contributed by atoms with Gasteiger partial charge in [0.2, 0.25) is 0 Å². The molecular weight excluding hydrogens is 594 g/mol. The Morgan fingerprint density at radius 2 is 0.621 bits per heavy atom. The van der Waals surface area contributed by atoms with Gasteiger partial charge in [-0.1, -0.05) is 0 Å². The summed E-state index contributed by atoms with van der Waals surface area (Å²) in [7, 11) is -4.16. The Hall–Kier alpha value is 2.72. The van der Waals surface area contributed by atoms with Crippen LogP contribution in [0.25, 0.3) is 0 Å². The summed E-state index contributed by atoms with van der Waals surface area (Å²) in [5.41, 5.74) is -2.51. The minimum atomic E-state index is -4.16. The molecule has 0 aromatic heterocycles. The fourth-order valence-corrected chi connectivity index (χ4v) is 6.21. The van der Waals surface area contributed by atoms with Crippen molar-refractivity contribution in [1.29, 1.82) is 0 Å². The van der Waals surface area contributed by atoms with Gasteiger partial charge in [-0.2, -0.15) is 0 Å². The van der Waals surface area contributed by atoms with Crippen molar-refractivity contribution in [1.82, 2.24) is 0 Å². The zero-order valence-electron chi connectivity index (χ0n) is 15.5. The van der Waals surface area contributed by atoms with Crippen molar-refractivity contribution < 1.29 is 18.1 Å². The van der Waals surface area contributed by atoms with Gasteiger partial charge in [0, 0.05) is 69.2 Å². The molecule has 0 heterocycles. The molecule has 0 radical (unpaired) electrons. The van der Waals surface area contributed by atoms with E-state index in [1.165, 1.54) is 0 Å². The maximum atomic E-state index is 13.3. The molecule has 0 aliphatic rings. The molecule has 0 spiro atoms. The van der Waals surface area contributed by atoms with Crippen molar-refractivity contribution in [3.05, 3.63) is 0 Å². The van der Waals surface area contributed by atoms with Crippen LogP contribution in [0, 0.1) is 16.2 Å². The van der Waals surface area contributed by atoms with Crippen LogP contribution in [0.1, 0.15) is 0 Å². The highest BCUT2D eigenvalue weighted by Gasteiger charge is 2.40. The van der Waals surface area contributed by atoms with E-state index in [9.17, 15) is 4.57 Å². The van der Waals surface area contributed by atoms with Gasteiger partial charge in [-0.25, -0.2) is 4.57 Å². The summed E-state index contributed by atoms with van der Waals surface area (Å²) in [5, 5.41) is 0. The van der Waals surface area contributed by atoms with E-state index in [2.05, 4.69) is 0 Å². The van der Waals surface area contributed by atoms with Crippen LogP contribution >= 0.6 is 112 Å². The molecular formula is C15H24Cl9O4P. The van der Waals surface area contributed by atoms with Crippen LogP contribution in [0.4, 0.5) is 0 Å². The molecule has 4 nitrogen and oxygen atoms in total. The largest absolute Gasteiger partial charge is 0.474 e. The third-order valence-corrected chi connectivity index (χ3v) is 10.6. The number of hydrogen-bond donors (Lipinski definition) is 0. The summed E-state index contributed by atoms with van der Waals surface area (Å²) < 4.78 is 29.9. The molecule has 0 aliphatic carbocycles. The normalized spacial score (nSPS) is 13.8. The van der Waals surface area contributed by atoms with Crippen LogP contribution in [0.2, 0.25) is 0 Å². The molecule has 14 heteroatoms. The smallest absolute Gasteiger partial charge is 0.286 e. The average Bonchev–Trinajstić information content (AvgIpc) is 2.78. The number of phosphoric ester groups is 1. The molecule has 0 aromatic rings. The maximum Gasteiger partial charge on any atom is 0.474 e. The summed E-state index contributed by atoms with van der Waals surface area (Å²) in [6, 6.07) is 0. The Morgan fingerprint density at radius 3 is 0.759 bits per heavy atom. The van der Waals surface area contributed by atoms with Gasteiger partial charge < -0.3 is 0 Å². The van der Waals surface area contributed by atoms with E-state index in [0.717, 1.165) is 0 Å². The molecule has 0 amide bonds. The van der Waals surface area contributed by atoms with Gasteiger partial charge in [-0.15, -0.1) is 104 Å². The van der Waals surface area contributed by atoms with Crippen molar-refractivity contribution in [2.24, 2.45) is 16.2 Å². The van der Waals surface area contributed by atoms with Crippen LogP contribution < -0.4 is 0 Å². The Labute approximate surface area is 217 Å². The zero-order chi connectivity index (χ0) is 22.6. The predicted molar refractivity (Wildman–Crippen MR) is 129 cm³/mol. The minimum Gasteiger partial charge on any atom is -0.286 e. The Balaban J connectivity index is 5.53. The maximum absolute atomic E-state index is 13.3. The molecule has 0 N–H and O–H groups in total. The second-order valence-corrected chi connectivity index (χ2v) is 11.0. The van der Waals surface area contributed by atoms with E-state index in [1.807, 2.05) is 0 Å². The van der Waals surface area contributed by atoms with Crippen LogP contribution in [0.15, 0.2) is 0 Å². The summed E-state index contributed by atoms with van der Waals surface area (Å²) in [6.07, 6.45) is 0. The molecule has 29 heavy (non-hydrogen) atoms. The number of alkyl halides is 9. The predicted octanol–water partition coefficient (Wildman–Crippen LogP) is 7.25. The summed E-state index contributed by atoms with van der Waals surface area (Å²) in [6.45, 7) is -0.524. The lowest BCUT2D eigenvalue weighted by Gasteiger charge is -2.33. The number of rotatable bonds is 18. The van der Waals surface area contributed by atoms with E-state index in [0.29, 0.717) is 0 Å². The Morgan fingerprint density at radius 1 is 0.448 bits per heavy atom. The molecule has 0 unspecified atom stereocenters. The first-order valence-corrected chi connectivity index (χ1v) is 14.5. The summed E-state index contributed by atoms with van der Waals surface area (Å²) >= 11 is 53.7. The highest BCUT2D eigenvalue weighted by atomic mass is 35.5. The first-order chi connectivity index (χ1) is 13.7. The van der Waals surface area contributed by atoms with Crippen molar-refractivity contribution in [3.8, 4) is 0 Å². The van der Waals surface area contributed by atoms with Gasteiger partial charge >= 0.3 is 7.82 Å². The third kappa shape index (κ3) is 9.85. The van der Waals surface area contributed by atoms with Crippen molar-refractivity contribution in [2.45, 2.75) is 0 Å². The van der Waals surface area contributed by atoms with Crippen LogP contribution in [-0.2, 0) is 18.1 Å². The van der Waals surface area contributed by atoms with E-state index >= 15 is 0 Å². The first kappa shape index (κ1) is 31.7. The molecule has 0 aliphatic heterocycles. The fourth-order valence-electron chi connectivity index (χ4n) is 1.43. The standard InChI is InChI=1S/C15H24Cl9O4P/c16-1-13(2-17,3-18)10-26-29(25,27-11-14(4-19,5-20)6-21)28-12-15(7-22,8-23)9-24/h1-12H2. The molecule has 0 aromatic carbocycles. The van der Waals surface area contributed by atoms with Gasteiger partial charge in [0.1, 0.15) is 0 Å². The number of halogens is 9. The minimum absolute atomic E-state index is 0.0734. The van der Waals surface area contributed by atoms with E-state index < -0.39 is 24.1 Å². The summed E-state index contributed by atoms with van der Waals surface area (Å²) in [4.78, 5) is 0. The SMILES string of the molecule is O=P(OCC(CCl)(CCl)CCl)(OCC(CCl)(CCl)CCl)OCC(CCl)(CCl)CCl. The molecule has 0 saturated carbocycles. The van der Waals surface area contributed by atoms with Gasteiger partial charge in [0.05, 0.1) is 19.8 Å². The van der Waals surface area contributed by atoms with Gasteiger partial charge in [-0.05, 0) is 0 Å².